The normalized spacial score (nSPS) is 18.8. The number of amides is 3. The summed E-state index contributed by atoms with van der Waals surface area (Å²) in [4.78, 5) is 37.6. The number of nitrogens with zero attached hydrogens (tertiary/aromatic N) is 1. The van der Waals surface area contributed by atoms with Gasteiger partial charge in [0.05, 0.1) is 6.54 Å². The summed E-state index contributed by atoms with van der Waals surface area (Å²) >= 11 is 0. The summed E-state index contributed by atoms with van der Waals surface area (Å²) < 4.78 is 5.09. The molecule has 0 radical (unpaired) electrons. The maximum Gasteiger partial charge on any atom is 0.408 e. The number of rotatable bonds is 6. The zero-order chi connectivity index (χ0) is 20.0. The highest BCUT2D eigenvalue weighted by atomic mass is 16.6. The van der Waals surface area contributed by atoms with Crippen LogP contribution in [0.2, 0.25) is 0 Å². The minimum Gasteiger partial charge on any atom is -0.444 e. The van der Waals surface area contributed by atoms with Gasteiger partial charge < -0.3 is 20.3 Å². The van der Waals surface area contributed by atoms with Gasteiger partial charge in [0.15, 0.2) is 0 Å². The number of hydrogen-bond donors (Lipinski definition) is 2. The minimum absolute atomic E-state index is 0.0997. The van der Waals surface area contributed by atoms with E-state index in [1.54, 1.807) is 26.8 Å². The average molecular weight is 380 g/mol. The van der Waals surface area contributed by atoms with Crippen molar-refractivity contribution in [3.63, 3.8) is 0 Å². The van der Waals surface area contributed by atoms with Gasteiger partial charge in [-0.15, -0.1) is 0 Å². The third kappa shape index (κ3) is 8.01. The number of hydrogen-bond acceptors (Lipinski definition) is 4. The average Bonchev–Trinajstić information content (AvgIpc) is 3.42. The summed E-state index contributed by atoms with van der Waals surface area (Å²) in [6.45, 7) is 9.27. The van der Waals surface area contributed by atoms with Gasteiger partial charge in [0, 0.05) is 25.7 Å². The SMILES string of the molecule is C/C(=C\C(=O)N1CCC(CNC(=O)CNC(=O)OC(C)(C)C)CC1)C1CC1. The Kier molecular flexibility index (Phi) is 7.27. The first kappa shape index (κ1) is 21.3. The fourth-order valence-electron chi connectivity index (χ4n) is 3.09. The molecule has 0 unspecified atom stereocenters. The molecule has 0 aromatic carbocycles. The summed E-state index contributed by atoms with van der Waals surface area (Å²) in [6, 6.07) is 0. The molecule has 0 aromatic heterocycles. The lowest BCUT2D eigenvalue weighted by Crippen LogP contribution is -2.43. The van der Waals surface area contributed by atoms with Crippen LogP contribution in [0.4, 0.5) is 4.79 Å². The number of nitrogens with one attached hydrogen (secondary N) is 2. The Morgan fingerprint density at radius 2 is 1.70 bits per heavy atom. The van der Waals surface area contributed by atoms with Gasteiger partial charge in [-0.1, -0.05) is 5.57 Å². The lowest BCUT2D eigenvalue weighted by atomic mass is 9.96. The second-order valence-electron chi connectivity index (χ2n) is 8.59. The first-order valence-electron chi connectivity index (χ1n) is 9.84. The van der Waals surface area contributed by atoms with Crippen LogP contribution in [0.3, 0.4) is 0 Å². The number of ether oxygens (including phenoxy) is 1. The van der Waals surface area contributed by atoms with Crippen LogP contribution in [-0.4, -0.2) is 54.6 Å². The van der Waals surface area contributed by atoms with Gasteiger partial charge in [-0.3, -0.25) is 9.59 Å². The molecule has 0 aromatic rings. The molecule has 1 aliphatic heterocycles. The summed E-state index contributed by atoms with van der Waals surface area (Å²) in [5.74, 6) is 0.856. The van der Waals surface area contributed by atoms with Gasteiger partial charge >= 0.3 is 6.09 Å². The minimum atomic E-state index is -0.598. The van der Waals surface area contributed by atoms with Crippen LogP contribution >= 0.6 is 0 Å². The van der Waals surface area contributed by atoms with Gasteiger partial charge in [0.1, 0.15) is 5.60 Å². The van der Waals surface area contributed by atoms with Crippen molar-refractivity contribution in [2.45, 2.75) is 59.0 Å². The maximum absolute atomic E-state index is 12.3. The molecule has 1 aliphatic carbocycles. The Hall–Kier alpha value is -2.05. The van der Waals surface area contributed by atoms with E-state index in [1.165, 1.54) is 18.4 Å². The smallest absolute Gasteiger partial charge is 0.408 e. The Balaban J connectivity index is 1.61. The fraction of sp³-hybridized carbons (Fsp3) is 0.750. The van der Waals surface area contributed by atoms with E-state index >= 15 is 0 Å². The van der Waals surface area contributed by atoms with Crippen molar-refractivity contribution in [1.29, 1.82) is 0 Å². The molecular formula is C20H33N3O4. The second kappa shape index (κ2) is 9.24. The van der Waals surface area contributed by atoms with Crippen LogP contribution in [0.5, 0.6) is 0 Å². The van der Waals surface area contributed by atoms with Crippen molar-refractivity contribution < 1.29 is 19.1 Å². The summed E-state index contributed by atoms with van der Waals surface area (Å²) in [7, 11) is 0. The number of likely N-dealkylation sites (tertiary alicyclic amines) is 1. The highest BCUT2D eigenvalue weighted by Gasteiger charge is 2.26. The van der Waals surface area contributed by atoms with Crippen LogP contribution in [0, 0.1) is 11.8 Å². The summed E-state index contributed by atoms with van der Waals surface area (Å²) in [6.07, 6.45) is 5.37. The topological polar surface area (TPSA) is 87.7 Å². The third-order valence-corrected chi connectivity index (χ3v) is 4.88. The Morgan fingerprint density at radius 3 is 2.26 bits per heavy atom. The van der Waals surface area contributed by atoms with Crippen LogP contribution < -0.4 is 10.6 Å². The Labute approximate surface area is 161 Å². The second-order valence-corrected chi connectivity index (χ2v) is 8.59. The van der Waals surface area contributed by atoms with E-state index in [0.29, 0.717) is 18.4 Å². The predicted molar refractivity (Wildman–Crippen MR) is 103 cm³/mol. The molecule has 152 valence electrons. The molecule has 0 spiro atoms. The lowest BCUT2D eigenvalue weighted by molar-refractivity contribution is -0.127. The molecular weight excluding hydrogens is 346 g/mol. The van der Waals surface area contributed by atoms with E-state index < -0.39 is 11.7 Å². The zero-order valence-corrected chi connectivity index (χ0v) is 17.0. The van der Waals surface area contributed by atoms with E-state index in [0.717, 1.165) is 25.9 Å². The highest BCUT2D eigenvalue weighted by Crippen LogP contribution is 2.36. The summed E-state index contributed by atoms with van der Waals surface area (Å²) in [5.41, 5.74) is 0.616. The molecule has 0 bridgehead atoms. The molecule has 2 rings (SSSR count). The van der Waals surface area contributed by atoms with Crippen LogP contribution in [0.15, 0.2) is 11.6 Å². The first-order valence-corrected chi connectivity index (χ1v) is 9.84. The molecule has 3 amide bonds. The van der Waals surface area contributed by atoms with E-state index in [2.05, 4.69) is 10.6 Å². The van der Waals surface area contributed by atoms with E-state index in [4.69, 9.17) is 4.74 Å². The molecule has 2 fully saturated rings. The van der Waals surface area contributed by atoms with Crippen molar-refractivity contribution in [3.8, 4) is 0 Å². The molecule has 1 heterocycles. The molecule has 27 heavy (non-hydrogen) atoms. The monoisotopic (exact) mass is 379 g/mol. The Morgan fingerprint density at radius 1 is 1.07 bits per heavy atom. The fourth-order valence-corrected chi connectivity index (χ4v) is 3.09. The first-order chi connectivity index (χ1) is 12.6. The van der Waals surface area contributed by atoms with Crippen molar-refractivity contribution in [2.75, 3.05) is 26.2 Å². The van der Waals surface area contributed by atoms with Crippen molar-refractivity contribution in [2.24, 2.45) is 11.8 Å². The number of alkyl carbamates (subject to hydrolysis) is 1. The zero-order valence-electron chi connectivity index (χ0n) is 17.0. The number of piperidine rings is 1. The largest absolute Gasteiger partial charge is 0.444 e. The number of allylic oxidation sites excluding steroid dienone is 1. The van der Waals surface area contributed by atoms with Gasteiger partial charge in [-0.05, 0) is 65.2 Å². The molecule has 0 atom stereocenters. The van der Waals surface area contributed by atoms with Gasteiger partial charge in [0.2, 0.25) is 11.8 Å². The highest BCUT2D eigenvalue weighted by molar-refractivity contribution is 5.88. The van der Waals surface area contributed by atoms with Gasteiger partial charge in [0.25, 0.3) is 0 Å². The quantitative estimate of drug-likeness (QED) is 0.693. The molecule has 2 N–H and O–H groups in total. The molecule has 7 nitrogen and oxygen atoms in total. The van der Waals surface area contributed by atoms with Crippen LogP contribution in [-0.2, 0) is 14.3 Å². The van der Waals surface area contributed by atoms with E-state index in [1.807, 2.05) is 11.8 Å². The number of carbonyl (C=O) groups is 3. The van der Waals surface area contributed by atoms with Crippen LogP contribution in [0.1, 0.15) is 53.4 Å². The van der Waals surface area contributed by atoms with Crippen molar-refractivity contribution in [3.05, 3.63) is 11.6 Å². The van der Waals surface area contributed by atoms with Crippen molar-refractivity contribution >= 4 is 17.9 Å². The summed E-state index contributed by atoms with van der Waals surface area (Å²) in [5, 5.41) is 5.29. The van der Waals surface area contributed by atoms with E-state index in [9.17, 15) is 14.4 Å². The standard InChI is InChI=1S/C20H33N3O4/c1-14(16-5-6-16)11-18(25)23-9-7-15(8-10-23)12-21-17(24)13-22-19(26)27-20(2,3)4/h11,15-16H,5-10,12-13H2,1-4H3,(H,21,24)(H,22,26)/b14-11+. The maximum atomic E-state index is 12.3. The third-order valence-electron chi connectivity index (χ3n) is 4.88. The molecule has 2 aliphatic rings. The molecule has 7 heteroatoms. The predicted octanol–water partition coefficient (Wildman–Crippen LogP) is 2.22. The number of carbonyl (C=O) groups excluding carboxylic acids is 3. The van der Waals surface area contributed by atoms with Crippen molar-refractivity contribution in [1.82, 2.24) is 15.5 Å². The Bertz CT molecular complexity index is 583. The van der Waals surface area contributed by atoms with Gasteiger partial charge in [-0.2, -0.15) is 0 Å². The lowest BCUT2D eigenvalue weighted by Gasteiger charge is -2.31. The van der Waals surface area contributed by atoms with E-state index in [-0.39, 0.29) is 18.4 Å². The van der Waals surface area contributed by atoms with Gasteiger partial charge in [-0.25, -0.2) is 4.79 Å². The molecule has 1 saturated heterocycles. The van der Waals surface area contributed by atoms with Crippen LogP contribution in [0.25, 0.3) is 0 Å². The molecule has 1 saturated carbocycles.